The zero-order valence-electron chi connectivity index (χ0n) is 11.8. The van der Waals surface area contributed by atoms with Crippen LogP contribution in [0, 0.1) is 0 Å². The number of rotatable bonds is 5. The van der Waals surface area contributed by atoms with Crippen LogP contribution in [0.1, 0.15) is 18.1 Å². The molecule has 0 aliphatic heterocycles. The van der Waals surface area contributed by atoms with E-state index in [2.05, 4.69) is 40.9 Å². The van der Waals surface area contributed by atoms with Crippen LogP contribution in [0.4, 0.5) is 0 Å². The van der Waals surface area contributed by atoms with Crippen LogP contribution in [-0.2, 0) is 11.2 Å². The molecule has 5 heteroatoms. The van der Waals surface area contributed by atoms with Crippen molar-refractivity contribution in [2.75, 3.05) is 6.17 Å². The van der Waals surface area contributed by atoms with E-state index in [9.17, 15) is 4.79 Å². The highest BCUT2D eigenvalue weighted by atomic mass is 79.9. The maximum atomic E-state index is 11.1. The van der Waals surface area contributed by atoms with Gasteiger partial charge in [0.25, 0.3) is 0 Å². The summed E-state index contributed by atoms with van der Waals surface area (Å²) in [5.41, 5.74) is 2.00. The first-order chi connectivity index (χ1) is 8.69. The molecule has 0 heterocycles. The Balaban J connectivity index is 2.77. The summed E-state index contributed by atoms with van der Waals surface area (Å²) in [6.07, 6.45) is 1.43. The average molecular weight is 358 g/mol. The lowest BCUT2D eigenvalue weighted by Gasteiger charge is -2.18. The monoisotopic (exact) mass is 357 g/mol. The van der Waals surface area contributed by atoms with Crippen molar-refractivity contribution in [2.24, 2.45) is 0 Å². The van der Waals surface area contributed by atoms with Crippen molar-refractivity contribution in [3.63, 3.8) is 0 Å². The summed E-state index contributed by atoms with van der Waals surface area (Å²) in [4.78, 5) is 11.9. The summed E-state index contributed by atoms with van der Waals surface area (Å²) >= 11 is 8.91. The van der Waals surface area contributed by atoms with Crippen molar-refractivity contribution >= 4 is 47.0 Å². The maximum Gasteiger partial charge on any atom is 0.134 e. The summed E-state index contributed by atoms with van der Waals surface area (Å²) in [6, 6.07) is 5.92. The Labute approximate surface area is 130 Å². The molecule has 2 nitrogen and oxygen atoms in total. The van der Waals surface area contributed by atoms with Gasteiger partial charge in [-0.25, -0.2) is 0 Å². The molecule has 0 saturated heterocycles. The molecule has 0 aromatic heterocycles. The third-order valence-electron chi connectivity index (χ3n) is 2.53. The van der Waals surface area contributed by atoms with Crippen LogP contribution in [0.3, 0.4) is 0 Å². The Bertz CT molecular complexity index is 497. The van der Waals surface area contributed by atoms with Gasteiger partial charge in [0.1, 0.15) is 10.8 Å². The molecule has 0 amide bonds. The minimum absolute atomic E-state index is 0.160. The van der Waals surface area contributed by atoms with Gasteiger partial charge in [0, 0.05) is 22.6 Å². The van der Waals surface area contributed by atoms with Gasteiger partial charge < -0.3 is 5.32 Å². The van der Waals surface area contributed by atoms with Crippen LogP contribution in [0.5, 0.6) is 0 Å². The van der Waals surface area contributed by atoms with E-state index in [0.29, 0.717) is 6.42 Å². The standard InChI is InChI=1S/C14H20BrNOSSi/c1-10(17)7-11-5-6-12(8-13(11)15)14(18)16-9-19(2,3)4/h5-6,8H,7,9H2,1-4H3,(H,16,18). The number of hydrogen-bond acceptors (Lipinski definition) is 2. The van der Waals surface area contributed by atoms with E-state index in [1.165, 1.54) is 0 Å². The maximum absolute atomic E-state index is 11.1. The number of hydrogen-bond donors (Lipinski definition) is 1. The molecule has 1 N–H and O–H groups in total. The van der Waals surface area contributed by atoms with Crippen LogP contribution in [0.2, 0.25) is 19.6 Å². The van der Waals surface area contributed by atoms with Crippen molar-refractivity contribution in [3.8, 4) is 0 Å². The molecule has 0 bridgehead atoms. The summed E-state index contributed by atoms with van der Waals surface area (Å²) in [5.74, 6) is 0.160. The lowest BCUT2D eigenvalue weighted by Crippen LogP contribution is -2.39. The van der Waals surface area contributed by atoms with Gasteiger partial charge in [-0.3, -0.25) is 4.79 Å². The highest BCUT2D eigenvalue weighted by Gasteiger charge is 2.14. The van der Waals surface area contributed by atoms with Crippen molar-refractivity contribution in [3.05, 3.63) is 33.8 Å². The van der Waals surface area contributed by atoms with Crippen molar-refractivity contribution in [2.45, 2.75) is 33.0 Å². The van der Waals surface area contributed by atoms with E-state index in [0.717, 1.165) is 26.8 Å². The minimum atomic E-state index is -1.15. The second-order valence-electron chi connectivity index (χ2n) is 5.93. The first kappa shape index (κ1) is 16.5. The molecule has 0 atom stereocenters. The summed E-state index contributed by atoms with van der Waals surface area (Å²) in [7, 11) is -1.15. The molecule has 0 spiro atoms. The van der Waals surface area contributed by atoms with Gasteiger partial charge in [0.15, 0.2) is 0 Å². The fourth-order valence-electron chi connectivity index (χ4n) is 1.55. The Kier molecular flexibility index (Phi) is 5.89. The van der Waals surface area contributed by atoms with Gasteiger partial charge in [0.2, 0.25) is 0 Å². The van der Waals surface area contributed by atoms with Crippen molar-refractivity contribution in [1.82, 2.24) is 5.32 Å². The summed E-state index contributed by atoms with van der Waals surface area (Å²) < 4.78 is 0.942. The molecular formula is C14H20BrNOSSi. The molecular weight excluding hydrogens is 338 g/mol. The van der Waals surface area contributed by atoms with Gasteiger partial charge in [-0.2, -0.15) is 0 Å². The lowest BCUT2D eigenvalue weighted by atomic mass is 10.1. The molecule has 0 unspecified atom stereocenters. The number of ketones is 1. The predicted octanol–water partition coefficient (Wildman–Crippen LogP) is 3.72. The first-order valence-electron chi connectivity index (χ1n) is 6.25. The molecule has 0 radical (unpaired) electrons. The Hall–Kier alpha value is -0.523. The molecule has 19 heavy (non-hydrogen) atoms. The van der Waals surface area contributed by atoms with E-state index in [1.807, 2.05) is 18.2 Å². The van der Waals surface area contributed by atoms with Gasteiger partial charge >= 0.3 is 0 Å². The largest absolute Gasteiger partial charge is 0.379 e. The number of nitrogens with one attached hydrogen (secondary N) is 1. The van der Waals surface area contributed by atoms with E-state index >= 15 is 0 Å². The SMILES string of the molecule is CC(=O)Cc1ccc(C(=S)NC[Si](C)(C)C)cc1Br. The predicted molar refractivity (Wildman–Crippen MR) is 91.6 cm³/mol. The second-order valence-corrected chi connectivity index (χ2v) is 12.7. The normalized spacial score (nSPS) is 11.2. The quantitative estimate of drug-likeness (QED) is 0.643. The third kappa shape index (κ3) is 5.97. The fraction of sp³-hybridized carbons (Fsp3) is 0.429. The zero-order valence-corrected chi connectivity index (χ0v) is 15.2. The van der Waals surface area contributed by atoms with Crippen LogP contribution >= 0.6 is 28.1 Å². The van der Waals surface area contributed by atoms with E-state index in [1.54, 1.807) is 6.92 Å². The molecule has 0 fully saturated rings. The van der Waals surface area contributed by atoms with E-state index in [-0.39, 0.29) is 5.78 Å². The third-order valence-corrected chi connectivity index (χ3v) is 4.89. The molecule has 0 saturated carbocycles. The molecule has 1 aromatic rings. The van der Waals surface area contributed by atoms with E-state index in [4.69, 9.17) is 12.2 Å². The Morgan fingerprint density at radius 3 is 2.47 bits per heavy atom. The zero-order chi connectivity index (χ0) is 14.6. The van der Waals surface area contributed by atoms with E-state index < -0.39 is 8.07 Å². The van der Waals surface area contributed by atoms with Crippen LogP contribution in [0.15, 0.2) is 22.7 Å². The topological polar surface area (TPSA) is 29.1 Å². The highest BCUT2D eigenvalue weighted by molar-refractivity contribution is 9.10. The Morgan fingerprint density at radius 2 is 2.00 bits per heavy atom. The van der Waals surface area contributed by atoms with Crippen LogP contribution in [0.25, 0.3) is 0 Å². The van der Waals surface area contributed by atoms with Gasteiger partial charge in [-0.15, -0.1) is 0 Å². The molecule has 0 aliphatic carbocycles. The van der Waals surface area contributed by atoms with Crippen LogP contribution < -0.4 is 5.32 Å². The number of carbonyl (C=O) groups excluding carboxylic acids is 1. The number of carbonyl (C=O) groups is 1. The average Bonchev–Trinajstić information content (AvgIpc) is 2.27. The number of thiocarbonyl (C=S) groups is 1. The summed E-state index contributed by atoms with van der Waals surface area (Å²) in [5, 5.41) is 3.33. The number of benzene rings is 1. The smallest absolute Gasteiger partial charge is 0.134 e. The van der Waals surface area contributed by atoms with Crippen molar-refractivity contribution < 1.29 is 4.79 Å². The highest BCUT2D eigenvalue weighted by Crippen LogP contribution is 2.20. The molecule has 104 valence electrons. The fourth-order valence-corrected chi connectivity index (χ4v) is 3.10. The van der Waals surface area contributed by atoms with Gasteiger partial charge in [0.05, 0.1) is 8.07 Å². The first-order valence-corrected chi connectivity index (χ1v) is 11.2. The second kappa shape index (κ2) is 6.77. The molecule has 0 aliphatic rings. The minimum Gasteiger partial charge on any atom is -0.379 e. The summed E-state index contributed by atoms with van der Waals surface area (Å²) in [6.45, 7) is 8.50. The van der Waals surface area contributed by atoms with Crippen LogP contribution in [-0.4, -0.2) is 25.0 Å². The number of Topliss-reactive ketones (excluding diaryl/α,β-unsaturated/α-hetero) is 1. The lowest BCUT2D eigenvalue weighted by molar-refractivity contribution is -0.116. The van der Waals surface area contributed by atoms with Gasteiger partial charge in [-0.1, -0.05) is 59.9 Å². The molecule has 1 aromatic carbocycles. The molecule has 1 rings (SSSR count). The number of halogens is 1. The van der Waals surface area contributed by atoms with Gasteiger partial charge in [-0.05, 0) is 18.6 Å². The Morgan fingerprint density at radius 1 is 1.37 bits per heavy atom. The van der Waals surface area contributed by atoms with Crippen molar-refractivity contribution in [1.29, 1.82) is 0 Å².